The molecular formula is C11H14N4S2. The summed E-state index contributed by atoms with van der Waals surface area (Å²) in [5.74, 6) is 1.97. The van der Waals surface area contributed by atoms with Gasteiger partial charge in [0.1, 0.15) is 16.5 Å². The molecule has 0 bridgehead atoms. The number of aromatic nitrogens is 3. The SMILES string of the molecule is Cc1cc(NCCCSc2nccs2)ncn1. The molecule has 2 heterocycles. The van der Waals surface area contributed by atoms with Crippen LogP contribution in [0.2, 0.25) is 0 Å². The molecule has 0 radical (unpaired) electrons. The summed E-state index contributed by atoms with van der Waals surface area (Å²) in [4.78, 5) is 12.4. The Morgan fingerprint density at radius 1 is 1.35 bits per heavy atom. The van der Waals surface area contributed by atoms with Gasteiger partial charge in [0.15, 0.2) is 0 Å². The number of anilines is 1. The number of aryl methyl sites for hydroxylation is 1. The van der Waals surface area contributed by atoms with E-state index in [0.717, 1.165) is 34.6 Å². The molecule has 2 aromatic rings. The van der Waals surface area contributed by atoms with E-state index in [-0.39, 0.29) is 0 Å². The second-order valence-electron chi connectivity index (χ2n) is 3.47. The average Bonchev–Trinajstić information content (AvgIpc) is 2.82. The lowest BCUT2D eigenvalue weighted by atomic mass is 10.4. The Kier molecular flexibility index (Phi) is 4.75. The van der Waals surface area contributed by atoms with Crippen LogP contribution in [0.3, 0.4) is 0 Å². The molecule has 0 unspecified atom stereocenters. The van der Waals surface area contributed by atoms with Gasteiger partial charge in [-0.2, -0.15) is 0 Å². The zero-order valence-electron chi connectivity index (χ0n) is 9.59. The minimum atomic E-state index is 0.900. The number of rotatable bonds is 6. The van der Waals surface area contributed by atoms with Gasteiger partial charge in [0.25, 0.3) is 0 Å². The van der Waals surface area contributed by atoms with Gasteiger partial charge in [-0.15, -0.1) is 11.3 Å². The van der Waals surface area contributed by atoms with Crippen molar-refractivity contribution in [3.05, 3.63) is 29.7 Å². The first-order chi connectivity index (χ1) is 8.34. The zero-order chi connectivity index (χ0) is 11.9. The van der Waals surface area contributed by atoms with Gasteiger partial charge in [0, 0.05) is 35.6 Å². The fourth-order valence-electron chi connectivity index (χ4n) is 1.28. The first-order valence-corrected chi connectivity index (χ1v) is 7.26. The summed E-state index contributed by atoms with van der Waals surface area (Å²) >= 11 is 3.49. The predicted molar refractivity (Wildman–Crippen MR) is 72.7 cm³/mol. The summed E-state index contributed by atoms with van der Waals surface area (Å²) < 4.78 is 1.14. The van der Waals surface area contributed by atoms with Gasteiger partial charge in [-0.05, 0) is 13.3 Å². The van der Waals surface area contributed by atoms with Gasteiger partial charge in [0.05, 0.1) is 0 Å². The molecule has 0 aliphatic heterocycles. The van der Waals surface area contributed by atoms with Crippen LogP contribution in [0.15, 0.2) is 28.3 Å². The van der Waals surface area contributed by atoms with Crippen molar-refractivity contribution in [2.75, 3.05) is 17.6 Å². The van der Waals surface area contributed by atoms with Gasteiger partial charge in [0.2, 0.25) is 0 Å². The minimum Gasteiger partial charge on any atom is -0.370 e. The lowest BCUT2D eigenvalue weighted by molar-refractivity contribution is 0.970. The molecular weight excluding hydrogens is 252 g/mol. The minimum absolute atomic E-state index is 0.900. The van der Waals surface area contributed by atoms with E-state index in [2.05, 4.69) is 20.3 Å². The molecule has 0 saturated heterocycles. The van der Waals surface area contributed by atoms with Crippen LogP contribution < -0.4 is 5.32 Å². The highest BCUT2D eigenvalue weighted by molar-refractivity contribution is 8.00. The van der Waals surface area contributed by atoms with Gasteiger partial charge in [-0.3, -0.25) is 0 Å². The van der Waals surface area contributed by atoms with E-state index in [1.807, 2.05) is 24.6 Å². The summed E-state index contributed by atoms with van der Waals surface area (Å²) in [6.07, 6.45) is 4.52. The third-order valence-corrected chi connectivity index (χ3v) is 4.12. The Morgan fingerprint density at radius 2 is 2.29 bits per heavy atom. The summed E-state index contributed by atoms with van der Waals surface area (Å²) in [5, 5.41) is 5.29. The van der Waals surface area contributed by atoms with Crippen molar-refractivity contribution < 1.29 is 0 Å². The molecule has 0 saturated carbocycles. The third-order valence-electron chi connectivity index (χ3n) is 2.07. The van der Waals surface area contributed by atoms with Crippen LogP contribution >= 0.6 is 23.1 Å². The summed E-state index contributed by atoms with van der Waals surface area (Å²) in [7, 11) is 0. The standard InChI is InChI=1S/C11H14N4S2/c1-9-7-10(15-8-14-9)12-3-2-5-16-11-13-4-6-17-11/h4,6-8H,2-3,5H2,1H3,(H,12,14,15). The van der Waals surface area contributed by atoms with Crippen LogP contribution in [0.4, 0.5) is 5.82 Å². The Bertz CT molecular complexity index is 444. The van der Waals surface area contributed by atoms with Crippen LogP contribution in [-0.2, 0) is 0 Å². The monoisotopic (exact) mass is 266 g/mol. The lowest BCUT2D eigenvalue weighted by Gasteiger charge is -2.04. The van der Waals surface area contributed by atoms with Crippen molar-refractivity contribution in [2.45, 2.75) is 17.7 Å². The van der Waals surface area contributed by atoms with Gasteiger partial charge in [-0.1, -0.05) is 11.8 Å². The van der Waals surface area contributed by atoms with Gasteiger partial charge >= 0.3 is 0 Å². The van der Waals surface area contributed by atoms with Crippen LogP contribution in [0.1, 0.15) is 12.1 Å². The highest BCUT2D eigenvalue weighted by atomic mass is 32.2. The van der Waals surface area contributed by atoms with E-state index in [1.54, 1.807) is 29.4 Å². The average molecular weight is 266 g/mol. The molecule has 90 valence electrons. The number of thiazole rings is 1. The van der Waals surface area contributed by atoms with Crippen molar-refractivity contribution >= 4 is 28.9 Å². The molecule has 6 heteroatoms. The molecule has 0 atom stereocenters. The Hall–Kier alpha value is -1.14. The molecule has 2 rings (SSSR count). The molecule has 0 aliphatic rings. The van der Waals surface area contributed by atoms with Crippen molar-refractivity contribution in [2.24, 2.45) is 0 Å². The Morgan fingerprint density at radius 3 is 3.06 bits per heavy atom. The largest absolute Gasteiger partial charge is 0.370 e. The predicted octanol–water partition coefficient (Wildman–Crippen LogP) is 2.84. The Labute approximate surface area is 109 Å². The van der Waals surface area contributed by atoms with E-state index in [0.29, 0.717) is 0 Å². The fraction of sp³-hybridized carbons (Fsp3) is 0.364. The molecule has 0 amide bonds. The normalized spacial score (nSPS) is 10.4. The van der Waals surface area contributed by atoms with Crippen LogP contribution in [0, 0.1) is 6.92 Å². The first-order valence-electron chi connectivity index (χ1n) is 5.39. The molecule has 2 aromatic heterocycles. The molecule has 0 aromatic carbocycles. The van der Waals surface area contributed by atoms with Gasteiger partial charge < -0.3 is 5.32 Å². The van der Waals surface area contributed by atoms with E-state index in [4.69, 9.17) is 0 Å². The number of hydrogen-bond donors (Lipinski definition) is 1. The van der Waals surface area contributed by atoms with E-state index < -0.39 is 0 Å². The van der Waals surface area contributed by atoms with Crippen molar-refractivity contribution in [3.8, 4) is 0 Å². The molecule has 1 N–H and O–H groups in total. The van der Waals surface area contributed by atoms with E-state index >= 15 is 0 Å². The number of thioether (sulfide) groups is 1. The second kappa shape index (κ2) is 6.56. The number of nitrogens with one attached hydrogen (secondary N) is 1. The number of nitrogens with zero attached hydrogens (tertiary/aromatic N) is 3. The van der Waals surface area contributed by atoms with Crippen molar-refractivity contribution in [3.63, 3.8) is 0 Å². The summed E-state index contributed by atoms with van der Waals surface area (Å²) in [5.41, 5.74) is 0.986. The third kappa shape index (κ3) is 4.32. The topological polar surface area (TPSA) is 50.7 Å². The molecule has 4 nitrogen and oxygen atoms in total. The zero-order valence-corrected chi connectivity index (χ0v) is 11.2. The maximum atomic E-state index is 4.22. The quantitative estimate of drug-likeness (QED) is 0.643. The fourth-order valence-corrected chi connectivity index (χ4v) is 2.93. The summed E-state index contributed by atoms with van der Waals surface area (Å²) in [6.45, 7) is 2.89. The molecule has 17 heavy (non-hydrogen) atoms. The maximum Gasteiger partial charge on any atom is 0.149 e. The van der Waals surface area contributed by atoms with Crippen LogP contribution in [0.5, 0.6) is 0 Å². The van der Waals surface area contributed by atoms with E-state index in [9.17, 15) is 0 Å². The summed E-state index contributed by atoms with van der Waals surface area (Å²) in [6, 6.07) is 1.95. The maximum absolute atomic E-state index is 4.22. The molecule has 0 aliphatic carbocycles. The molecule has 0 spiro atoms. The highest BCUT2D eigenvalue weighted by Crippen LogP contribution is 2.20. The smallest absolute Gasteiger partial charge is 0.149 e. The highest BCUT2D eigenvalue weighted by Gasteiger charge is 1.97. The van der Waals surface area contributed by atoms with Crippen LogP contribution in [-0.4, -0.2) is 27.2 Å². The number of hydrogen-bond acceptors (Lipinski definition) is 6. The van der Waals surface area contributed by atoms with E-state index in [1.165, 1.54) is 0 Å². The lowest BCUT2D eigenvalue weighted by Crippen LogP contribution is -2.04. The van der Waals surface area contributed by atoms with Crippen molar-refractivity contribution in [1.29, 1.82) is 0 Å². The van der Waals surface area contributed by atoms with Crippen LogP contribution in [0.25, 0.3) is 0 Å². The first kappa shape index (κ1) is 12.3. The Balaban J connectivity index is 1.63. The molecule has 0 fully saturated rings. The van der Waals surface area contributed by atoms with Gasteiger partial charge in [-0.25, -0.2) is 15.0 Å². The second-order valence-corrected chi connectivity index (χ2v) is 5.71. The van der Waals surface area contributed by atoms with Crippen molar-refractivity contribution in [1.82, 2.24) is 15.0 Å².